The predicted octanol–water partition coefficient (Wildman–Crippen LogP) is 1.58. The summed E-state index contributed by atoms with van der Waals surface area (Å²) in [6.45, 7) is 0. The zero-order valence-corrected chi connectivity index (χ0v) is 14.0. The maximum atomic E-state index is 12.6. The molecule has 5 N–H and O–H groups in total. The van der Waals surface area contributed by atoms with Gasteiger partial charge in [0.05, 0.1) is 11.1 Å². The highest BCUT2D eigenvalue weighted by atomic mass is 32.2. The second-order valence-electron chi connectivity index (χ2n) is 6.00. The van der Waals surface area contributed by atoms with Crippen molar-refractivity contribution in [3.63, 3.8) is 0 Å². The van der Waals surface area contributed by atoms with Gasteiger partial charge in [0.2, 0.25) is 5.91 Å². The number of nitrogens with two attached hydrogens (primary N) is 2. The minimum absolute atomic E-state index is 0.138. The average Bonchev–Trinajstić information content (AvgIpc) is 3.14. The van der Waals surface area contributed by atoms with Crippen molar-refractivity contribution in [2.24, 2.45) is 11.5 Å². The molecule has 0 spiro atoms. The fourth-order valence-electron chi connectivity index (χ4n) is 3.60. The Morgan fingerprint density at radius 2 is 2.17 bits per heavy atom. The molecule has 1 aliphatic carbocycles. The number of rotatable bonds is 2. The van der Waals surface area contributed by atoms with Gasteiger partial charge in [-0.1, -0.05) is 17.8 Å². The van der Waals surface area contributed by atoms with Crippen molar-refractivity contribution >= 4 is 34.8 Å². The summed E-state index contributed by atoms with van der Waals surface area (Å²) in [5, 5.41) is 6.10. The number of hydrogen-bond acceptors (Lipinski definition) is 6. The van der Waals surface area contributed by atoms with Gasteiger partial charge in [-0.15, -0.1) is 11.3 Å². The van der Waals surface area contributed by atoms with Gasteiger partial charge in [-0.05, 0) is 34.8 Å². The van der Waals surface area contributed by atoms with Gasteiger partial charge in [0.25, 0.3) is 0 Å². The molecule has 3 heterocycles. The summed E-state index contributed by atoms with van der Waals surface area (Å²) in [6, 6.07) is 2.92. The summed E-state index contributed by atoms with van der Waals surface area (Å²) in [7, 11) is 0. The van der Waals surface area contributed by atoms with E-state index in [2.05, 4.69) is 5.32 Å². The van der Waals surface area contributed by atoms with E-state index >= 15 is 0 Å². The molecule has 0 radical (unpaired) electrons. The Hall–Kier alpha value is -1.57. The average molecular weight is 347 g/mol. The molecule has 0 fully saturated rings. The smallest absolute Gasteiger partial charge is 0.241 e. The van der Waals surface area contributed by atoms with Gasteiger partial charge in [0, 0.05) is 22.8 Å². The largest absolute Gasteiger partial charge is 0.368 e. The number of Topliss-reactive ketones (excluding diaryl/α,β-unsaturated/α-hetero) is 1. The molecule has 23 heavy (non-hydrogen) atoms. The lowest BCUT2D eigenvalue weighted by Gasteiger charge is -2.32. The number of amides is 1. The summed E-state index contributed by atoms with van der Waals surface area (Å²) < 4.78 is 0. The van der Waals surface area contributed by atoms with Gasteiger partial charge in [0.15, 0.2) is 5.78 Å². The first kappa shape index (κ1) is 15.0. The van der Waals surface area contributed by atoms with Gasteiger partial charge < -0.3 is 16.8 Å². The number of allylic oxidation sites excluding steroid dienone is 2. The maximum Gasteiger partial charge on any atom is 0.241 e. The molecule has 1 amide bonds. The van der Waals surface area contributed by atoms with Crippen LogP contribution in [-0.2, 0) is 9.59 Å². The van der Waals surface area contributed by atoms with E-state index in [1.54, 1.807) is 23.1 Å². The Kier molecular flexibility index (Phi) is 3.59. The standard InChI is InChI=1S/C16H17N3O2S2/c17-13-12-11(8-5-2-6-22-8)10-7(20)3-1-4-9(10)23-16(12)19-14(13)15(18)21/h2,5-6,11,13-14,19H,1,3-4,17H2,(H2,18,21). The molecule has 3 unspecified atom stereocenters. The number of carbonyl (C=O) groups excluding carboxylic acids is 2. The molecule has 7 heteroatoms. The first-order valence-corrected chi connectivity index (χ1v) is 9.30. The lowest BCUT2D eigenvalue weighted by atomic mass is 9.79. The van der Waals surface area contributed by atoms with Crippen molar-refractivity contribution < 1.29 is 9.59 Å². The lowest BCUT2D eigenvalue weighted by molar-refractivity contribution is -0.119. The van der Waals surface area contributed by atoms with Crippen LogP contribution in [0.1, 0.15) is 30.1 Å². The number of thioether (sulfide) groups is 1. The minimum Gasteiger partial charge on any atom is -0.368 e. The van der Waals surface area contributed by atoms with Crippen LogP contribution < -0.4 is 16.8 Å². The van der Waals surface area contributed by atoms with Crippen LogP contribution in [0.2, 0.25) is 0 Å². The Bertz CT molecular complexity index is 751. The van der Waals surface area contributed by atoms with Crippen molar-refractivity contribution in [2.45, 2.75) is 37.3 Å². The van der Waals surface area contributed by atoms with E-state index in [4.69, 9.17) is 11.5 Å². The van der Waals surface area contributed by atoms with Gasteiger partial charge in [0.1, 0.15) is 6.04 Å². The molecule has 3 aliphatic rings. The molecule has 2 aliphatic heterocycles. The zero-order chi connectivity index (χ0) is 16.1. The Balaban J connectivity index is 1.84. The summed E-state index contributed by atoms with van der Waals surface area (Å²) in [5.41, 5.74) is 13.6. The van der Waals surface area contributed by atoms with Crippen LogP contribution >= 0.6 is 23.1 Å². The molecule has 3 atom stereocenters. The quantitative estimate of drug-likeness (QED) is 0.754. The number of nitrogens with one attached hydrogen (secondary N) is 1. The first-order valence-electron chi connectivity index (χ1n) is 7.61. The van der Waals surface area contributed by atoms with Crippen molar-refractivity contribution in [3.05, 3.63) is 43.5 Å². The predicted molar refractivity (Wildman–Crippen MR) is 91.7 cm³/mol. The number of thiophene rings is 1. The molecule has 4 rings (SSSR count). The van der Waals surface area contributed by atoms with Crippen LogP contribution in [0, 0.1) is 0 Å². The highest BCUT2D eigenvalue weighted by Gasteiger charge is 2.46. The molecular formula is C16H17N3O2S2. The molecule has 1 aromatic rings. The molecule has 5 nitrogen and oxygen atoms in total. The third-order valence-corrected chi connectivity index (χ3v) is 6.80. The number of carbonyl (C=O) groups is 2. The first-order chi connectivity index (χ1) is 11.1. The Morgan fingerprint density at radius 1 is 1.35 bits per heavy atom. The van der Waals surface area contributed by atoms with E-state index in [0.717, 1.165) is 38.8 Å². The van der Waals surface area contributed by atoms with E-state index in [1.807, 2.05) is 17.5 Å². The summed E-state index contributed by atoms with van der Waals surface area (Å²) in [5.74, 6) is -0.388. The van der Waals surface area contributed by atoms with Gasteiger partial charge in [-0.25, -0.2) is 0 Å². The lowest BCUT2D eigenvalue weighted by Crippen LogP contribution is -2.48. The number of hydrogen-bond donors (Lipinski definition) is 3. The molecule has 0 bridgehead atoms. The fraction of sp³-hybridized carbons (Fsp3) is 0.375. The summed E-state index contributed by atoms with van der Waals surface area (Å²) >= 11 is 3.18. The Morgan fingerprint density at radius 3 is 2.87 bits per heavy atom. The number of ketones is 1. The summed E-state index contributed by atoms with van der Waals surface area (Å²) in [4.78, 5) is 26.5. The number of primary amides is 1. The minimum atomic E-state index is -0.605. The SMILES string of the molecule is NC(=O)C1NC2=C(C(c3cccs3)C3=C(CCCC3=O)S2)C1N. The third-order valence-electron chi connectivity index (χ3n) is 4.63. The zero-order valence-electron chi connectivity index (χ0n) is 12.4. The highest BCUT2D eigenvalue weighted by Crippen LogP contribution is 2.53. The Labute approximate surface area is 142 Å². The second-order valence-corrected chi connectivity index (χ2v) is 8.08. The van der Waals surface area contributed by atoms with E-state index < -0.39 is 18.0 Å². The van der Waals surface area contributed by atoms with Crippen LogP contribution in [0.15, 0.2) is 38.6 Å². The van der Waals surface area contributed by atoms with Crippen molar-refractivity contribution in [2.75, 3.05) is 0 Å². The van der Waals surface area contributed by atoms with Crippen LogP contribution in [0.3, 0.4) is 0 Å². The van der Waals surface area contributed by atoms with Crippen molar-refractivity contribution in [3.8, 4) is 0 Å². The highest BCUT2D eigenvalue weighted by molar-refractivity contribution is 8.06. The van der Waals surface area contributed by atoms with E-state index in [-0.39, 0.29) is 11.7 Å². The maximum absolute atomic E-state index is 12.6. The van der Waals surface area contributed by atoms with E-state index in [9.17, 15) is 9.59 Å². The van der Waals surface area contributed by atoms with Crippen molar-refractivity contribution in [1.29, 1.82) is 0 Å². The summed E-state index contributed by atoms with van der Waals surface area (Å²) in [6.07, 6.45) is 2.38. The normalized spacial score (nSPS) is 30.1. The molecule has 0 saturated heterocycles. The van der Waals surface area contributed by atoms with E-state index in [0.29, 0.717) is 6.42 Å². The fourth-order valence-corrected chi connectivity index (χ4v) is 5.84. The molecule has 0 aromatic carbocycles. The van der Waals surface area contributed by atoms with E-state index in [1.165, 1.54) is 0 Å². The monoisotopic (exact) mass is 347 g/mol. The molecule has 120 valence electrons. The molecule has 1 aromatic heterocycles. The van der Waals surface area contributed by atoms with Crippen LogP contribution in [-0.4, -0.2) is 23.8 Å². The third kappa shape index (κ3) is 2.26. The molecular weight excluding hydrogens is 330 g/mol. The van der Waals surface area contributed by atoms with Crippen LogP contribution in [0.4, 0.5) is 0 Å². The second kappa shape index (κ2) is 5.51. The van der Waals surface area contributed by atoms with Gasteiger partial charge >= 0.3 is 0 Å². The van der Waals surface area contributed by atoms with Crippen LogP contribution in [0.25, 0.3) is 0 Å². The van der Waals surface area contributed by atoms with Crippen LogP contribution in [0.5, 0.6) is 0 Å². The topological polar surface area (TPSA) is 98.2 Å². The molecule has 0 saturated carbocycles. The van der Waals surface area contributed by atoms with Gasteiger partial charge in [-0.3, -0.25) is 9.59 Å². The van der Waals surface area contributed by atoms with Crippen molar-refractivity contribution in [1.82, 2.24) is 5.32 Å². The van der Waals surface area contributed by atoms with Gasteiger partial charge in [-0.2, -0.15) is 0 Å².